The maximum absolute atomic E-state index is 11.8. The number of nitrogens with one attached hydrogen (secondary N) is 1. The molecule has 0 atom stereocenters. The molecule has 23 heavy (non-hydrogen) atoms. The Kier molecular flexibility index (Phi) is 5.48. The van der Waals surface area contributed by atoms with Crippen LogP contribution >= 0.6 is 11.3 Å². The number of ether oxygens (including phenoxy) is 2. The van der Waals surface area contributed by atoms with Crippen molar-refractivity contribution in [2.24, 2.45) is 0 Å². The van der Waals surface area contributed by atoms with Crippen molar-refractivity contribution in [2.75, 3.05) is 19.0 Å². The Morgan fingerprint density at radius 2 is 1.70 bits per heavy atom. The zero-order valence-corrected chi connectivity index (χ0v) is 13.4. The van der Waals surface area contributed by atoms with Crippen LogP contribution in [0.3, 0.4) is 0 Å². The third kappa shape index (κ3) is 4.65. The number of thiophene rings is 1. The number of anilines is 1. The summed E-state index contributed by atoms with van der Waals surface area (Å²) in [6, 6.07) is 9.83. The average Bonchev–Trinajstić information content (AvgIpc) is 3.03. The zero-order valence-electron chi connectivity index (χ0n) is 12.6. The summed E-state index contributed by atoms with van der Waals surface area (Å²) in [6.07, 6.45) is 0. The summed E-state index contributed by atoms with van der Waals surface area (Å²) in [5, 5.41) is 2.60. The number of Topliss-reactive ketones (excluding diaryl/α,β-unsaturated/α-hetero) is 1. The smallest absolute Gasteiger partial charge is 0.348 e. The zero-order chi connectivity index (χ0) is 16.8. The number of esters is 1. The highest BCUT2D eigenvalue weighted by Crippen LogP contribution is 2.18. The molecule has 1 heterocycles. The van der Waals surface area contributed by atoms with Gasteiger partial charge in [0.1, 0.15) is 10.6 Å². The Hall–Kier alpha value is -2.67. The molecular weight excluding hydrogens is 318 g/mol. The van der Waals surface area contributed by atoms with Crippen LogP contribution in [0.1, 0.15) is 26.3 Å². The van der Waals surface area contributed by atoms with Gasteiger partial charge in [0, 0.05) is 5.69 Å². The predicted octanol–water partition coefficient (Wildman–Crippen LogP) is 2.75. The molecule has 6 nitrogen and oxygen atoms in total. The molecule has 0 saturated heterocycles. The minimum absolute atomic E-state index is 0.119. The molecule has 0 radical (unpaired) electrons. The fourth-order valence-corrected chi connectivity index (χ4v) is 2.51. The summed E-state index contributed by atoms with van der Waals surface area (Å²) < 4.78 is 9.94. The average molecular weight is 333 g/mol. The van der Waals surface area contributed by atoms with Gasteiger partial charge in [-0.2, -0.15) is 0 Å². The molecule has 2 rings (SSSR count). The van der Waals surface area contributed by atoms with Gasteiger partial charge in [0.2, 0.25) is 0 Å². The molecule has 0 saturated carbocycles. The van der Waals surface area contributed by atoms with E-state index in [0.29, 0.717) is 16.3 Å². The summed E-state index contributed by atoms with van der Waals surface area (Å²) in [6.45, 7) is 1.02. The van der Waals surface area contributed by atoms with E-state index in [4.69, 9.17) is 9.47 Å². The minimum atomic E-state index is -0.632. The molecule has 1 N–H and O–H groups in total. The summed E-state index contributed by atoms with van der Waals surface area (Å²) in [7, 11) is 1.55. The van der Waals surface area contributed by atoms with Gasteiger partial charge >= 0.3 is 5.97 Å². The van der Waals surface area contributed by atoms with Crippen LogP contribution in [0.4, 0.5) is 5.69 Å². The fraction of sp³-hybridized carbons (Fsp3) is 0.188. The van der Waals surface area contributed by atoms with Crippen molar-refractivity contribution in [3.05, 3.63) is 46.2 Å². The quantitative estimate of drug-likeness (QED) is 0.649. The molecule has 0 bridgehead atoms. The number of carbonyl (C=O) groups is 3. The van der Waals surface area contributed by atoms with Gasteiger partial charge in [-0.15, -0.1) is 11.3 Å². The highest BCUT2D eigenvalue weighted by Gasteiger charge is 2.14. The molecule has 7 heteroatoms. The molecule has 0 spiro atoms. The number of benzene rings is 1. The fourth-order valence-electron chi connectivity index (χ4n) is 1.71. The van der Waals surface area contributed by atoms with Crippen LogP contribution in [0.15, 0.2) is 36.4 Å². The van der Waals surface area contributed by atoms with Gasteiger partial charge in [-0.1, -0.05) is 0 Å². The molecule has 2 aromatic rings. The van der Waals surface area contributed by atoms with Crippen molar-refractivity contribution in [3.63, 3.8) is 0 Å². The topological polar surface area (TPSA) is 81.7 Å². The largest absolute Gasteiger partial charge is 0.497 e. The maximum Gasteiger partial charge on any atom is 0.348 e. The van der Waals surface area contributed by atoms with Gasteiger partial charge in [0.25, 0.3) is 5.91 Å². The van der Waals surface area contributed by atoms with Crippen LogP contribution in [0.25, 0.3) is 0 Å². The van der Waals surface area contributed by atoms with E-state index in [-0.39, 0.29) is 10.7 Å². The molecule has 0 unspecified atom stereocenters. The molecule has 0 aliphatic heterocycles. The Labute approximate surface area is 137 Å². The second-order valence-electron chi connectivity index (χ2n) is 4.57. The molecule has 0 fully saturated rings. The highest BCUT2D eigenvalue weighted by molar-refractivity contribution is 7.15. The van der Waals surface area contributed by atoms with Gasteiger partial charge in [-0.05, 0) is 43.3 Å². The summed E-state index contributed by atoms with van der Waals surface area (Å²) in [5.74, 6) is -0.529. The van der Waals surface area contributed by atoms with Crippen LogP contribution in [0, 0.1) is 0 Å². The minimum Gasteiger partial charge on any atom is -0.497 e. The number of ketones is 1. The van der Waals surface area contributed by atoms with E-state index in [1.807, 2.05) is 0 Å². The lowest BCUT2D eigenvalue weighted by atomic mass is 10.3. The first kappa shape index (κ1) is 16.7. The lowest BCUT2D eigenvalue weighted by Crippen LogP contribution is -2.20. The predicted molar refractivity (Wildman–Crippen MR) is 86.2 cm³/mol. The van der Waals surface area contributed by atoms with E-state index < -0.39 is 18.5 Å². The molecule has 0 aliphatic rings. The second kappa shape index (κ2) is 7.55. The molecule has 0 aliphatic carbocycles. The van der Waals surface area contributed by atoms with Crippen LogP contribution in [0.2, 0.25) is 0 Å². The Morgan fingerprint density at radius 1 is 1.04 bits per heavy atom. The molecule has 1 aromatic heterocycles. The van der Waals surface area contributed by atoms with Crippen molar-refractivity contribution in [1.29, 1.82) is 0 Å². The van der Waals surface area contributed by atoms with E-state index >= 15 is 0 Å². The molecule has 1 aromatic carbocycles. The lowest BCUT2D eigenvalue weighted by molar-refractivity contribution is -0.119. The normalized spacial score (nSPS) is 10.0. The molecular formula is C16H15NO5S. The third-order valence-electron chi connectivity index (χ3n) is 2.86. The SMILES string of the molecule is COc1ccc(NC(=O)COC(=O)c2ccc(C(C)=O)s2)cc1. The van der Waals surface area contributed by atoms with Gasteiger partial charge < -0.3 is 14.8 Å². The number of hydrogen-bond donors (Lipinski definition) is 1. The Bertz CT molecular complexity index is 720. The number of carbonyl (C=O) groups excluding carboxylic acids is 3. The van der Waals surface area contributed by atoms with E-state index in [1.54, 1.807) is 37.4 Å². The van der Waals surface area contributed by atoms with Crippen molar-refractivity contribution < 1.29 is 23.9 Å². The van der Waals surface area contributed by atoms with E-state index in [2.05, 4.69) is 5.32 Å². The summed E-state index contributed by atoms with van der Waals surface area (Å²) in [4.78, 5) is 35.5. The number of rotatable bonds is 6. The number of hydrogen-bond acceptors (Lipinski definition) is 6. The van der Waals surface area contributed by atoms with Gasteiger partial charge in [0.05, 0.1) is 12.0 Å². The first-order valence-electron chi connectivity index (χ1n) is 6.71. The van der Waals surface area contributed by atoms with Crippen LogP contribution in [0.5, 0.6) is 5.75 Å². The van der Waals surface area contributed by atoms with Crippen molar-refractivity contribution >= 4 is 34.7 Å². The summed E-state index contributed by atoms with van der Waals surface area (Å²) >= 11 is 1.04. The maximum atomic E-state index is 11.8. The second-order valence-corrected chi connectivity index (χ2v) is 5.66. The Morgan fingerprint density at radius 3 is 2.26 bits per heavy atom. The molecule has 1 amide bonds. The van der Waals surface area contributed by atoms with E-state index in [9.17, 15) is 14.4 Å². The van der Waals surface area contributed by atoms with E-state index in [1.165, 1.54) is 13.0 Å². The van der Waals surface area contributed by atoms with Gasteiger partial charge in [0.15, 0.2) is 12.4 Å². The standard InChI is InChI=1S/C16H15NO5S/c1-10(18)13-7-8-14(23-13)16(20)22-9-15(19)17-11-3-5-12(21-2)6-4-11/h3-8H,9H2,1-2H3,(H,17,19). The first-order valence-corrected chi connectivity index (χ1v) is 7.53. The van der Waals surface area contributed by atoms with Crippen molar-refractivity contribution in [3.8, 4) is 5.75 Å². The monoisotopic (exact) mass is 333 g/mol. The van der Waals surface area contributed by atoms with Crippen molar-refractivity contribution in [2.45, 2.75) is 6.92 Å². The van der Waals surface area contributed by atoms with Gasteiger partial charge in [-0.3, -0.25) is 9.59 Å². The van der Waals surface area contributed by atoms with Gasteiger partial charge in [-0.25, -0.2) is 4.79 Å². The van der Waals surface area contributed by atoms with Crippen LogP contribution < -0.4 is 10.1 Å². The van der Waals surface area contributed by atoms with Crippen LogP contribution in [-0.2, 0) is 9.53 Å². The number of amides is 1. The summed E-state index contributed by atoms with van der Waals surface area (Å²) in [5.41, 5.74) is 0.571. The van der Waals surface area contributed by atoms with Crippen molar-refractivity contribution in [1.82, 2.24) is 0 Å². The Balaban J connectivity index is 1.85. The molecule has 120 valence electrons. The highest BCUT2D eigenvalue weighted by atomic mass is 32.1. The lowest BCUT2D eigenvalue weighted by Gasteiger charge is -2.06. The first-order chi connectivity index (χ1) is 11.0. The van der Waals surface area contributed by atoms with Crippen LogP contribution in [-0.4, -0.2) is 31.4 Å². The van der Waals surface area contributed by atoms with E-state index in [0.717, 1.165) is 11.3 Å². The third-order valence-corrected chi connectivity index (χ3v) is 4.03. The number of methoxy groups -OCH3 is 1.